The van der Waals surface area contributed by atoms with Crippen molar-refractivity contribution >= 4 is 17.6 Å². The van der Waals surface area contributed by atoms with Crippen molar-refractivity contribution in [3.05, 3.63) is 36.7 Å². The number of benzene rings is 1. The predicted molar refractivity (Wildman–Crippen MR) is 68.0 cm³/mol. The van der Waals surface area contributed by atoms with Crippen molar-refractivity contribution < 1.29 is 0 Å². The van der Waals surface area contributed by atoms with Crippen LogP contribution in [-0.4, -0.2) is 36.1 Å². The number of para-hydroxylation sites is 1. The first-order chi connectivity index (χ1) is 8.05. The van der Waals surface area contributed by atoms with Gasteiger partial charge in [-0.15, -0.1) is 4.98 Å². The molecule has 0 bridgehead atoms. The van der Waals surface area contributed by atoms with Crippen LogP contribution >= 0.6 is 0 Å². The Hall–Kier alpha value is -2.01. The molecule has 1 aromatic heterocycles. The lowest BCUT2D eigenvalue weighted by atomic mass is 10.3. The lowest BCUT2D eigenvalue weighted by Gasteiger charge is -2.19. The molecule has 0 saturated carbocycles. The fraction of sp³-hybridized carbons (Fsp3) is 0.250. The molecule has 2 rings (SSSR count). The standard InChI is InChI=1S/C12H15N5/c1-17(2,3)12-14-9-13-11(16-12)15-10-7-5-4-6-8-10/h4-8H,1-3H3,(H,13,14,15,16)/q+1. The average molecular weight is 229 g/mol. The third-order valence-electron chi connectivity index (χ3n) is 2.14. The first kappa shape index (κ1) is 11.5. The fourth-order valence-corrected chi connectivity index (χ4v) is 1.27. The molecule has 0 fully saturated rings. The van der Waals surface area contributed by atoms with E-state index in [-0.39, 0.29) is 0 Å². The molecule has 0 unspecified atom stereocenters. The van der Waals surface area contributed by atoms with Crippen LogP contribution in [0.2, 0.25) is 0 Å². The third-order valence-corrected chi connectivity index (χ3v) is 2.14. The monoisotopic (exact) mass is 229 g/mol. The average Bonchev–Trinajstić information content (AvgIpc) is 2.29. The van der Waals surface area contributed by atoms with E-state index in [2.05, 4.69) is 26.6 Å². The van der Waals surface area contributed by atoms with Crippen LogP contribution < -0.4 is 9.80 Å². The highest BCUT2D eigenvalue weighted by atomic mass is 15.4. The molecule has 0 amide bonds. The number of anilines is 2. The van der Waals surface area contributed by atoms with Crippen molar-refractivity contribution in [2.45, 2.75) is 0 Å². The van der Waals surface area contributed by atoms with Crippen LogP contribution in [0, 0.1) is 6.33 Å². The molecule has 1 radical (unpaired) electrons. The van der Waals surface area contributed by atoms with Crippen molar-refractivity contribution in [3.8, 4) is 0 Å². The summed E-state index contributed by atoms with van der Waals surface area (Å²) >= 11 is 0. The number of hydrogen-bond donors (Lipinski definition) is 1. The van der Waals surface area contributed by atoms with Crippen LogP contribution in [0.25, 0.3) is 0 Å². The smallest absolute Gasteiger partial charge is 0.324 e. The molecular weight excluding hydrogens is 214 g/mol. The summed E-state index contributed by atoms with van der Waals surface area (Å²) in [6.45, 7) is 0. The van der Waals surface area contributed by atoms with Crippen molar-refractivity contribution in [2.75, 3.05) is 26.5 Å². The number of quaternary nitrogens is 1. The fourth-order valence-electron chi connectivity index (χ4n) is 1.27. The van der Waals surface area contributed by atoms with Gasteiger partial charge in [-0.3, -0.25) is 4.48 Å². The first-order valence-corrected chi connectivity index (χ1v) is 5.32. The highest BCUT2D eigenvalue weighted by molar-refractivity contribution is 5.53. The van der Waals surface area contributed by atoms with E-state index in [1.807, 2.05) is 51.5 Å². The van der Waals surface area contributed by atoms with Gasteiger partial charge in [-0.25, -0.2) is 0 Å². The first-order valence-electron chi connectivity index (χ1n) is 5.32. The molecule has 1 aromatic carbocycles. The highest BCUT2D eigenvalue weighted by Crippen LogP contribution is 2.14. The highest BCUT2D eigenvalue weighted by Gasteiger charge is 2.17. The van der Waals surface area contributed by atoms with E-state index in [1.54, 1.807) is 0 Å². The Morgan fingerprint density at radius 1 is 1.06 bits per heavy atom. The molecule has 5 heteroatoms. The van der Waals surface area contributed by atoms with Crippen LogP contribution in [-0.2, 0) is 0 Å². The Balaban J connectivity index is 2.23. The second kappa shape index (κ2) is 4.47. The van der Waals surface area contributed by atoms with E-state index in [0.29, 0.717) is 16.4 Å². The molecule has 0 atom stereocenters. The lowest BCUT2D eigenvalue weighted by molar-refractivity contribution is 0.457. The SMILES string of the molecule is C[N+](C)(C)c1n[c]nc(Nc2ccccc2)n1. The third kappa shape index (κ3) is 2.98. The topological polar surface area (TPSA) is 50.7 Å². The molecule has 0 aliphatic heterocycles. The Kier molecular flexibility index (Phi) is 3.01. The molecule has 1 N–H and O–H groups in total. The van der Waals surface area contributed by atoms with Crippen LogP contribution in [0.15, 0.2) is 30.3 Å². The van der Waals surface area contributed by atoms with Crippen molar-refractivity contribution in [2.24, 2.45) is 0 Å². The minimum absolute atomic E-state index is 0.509. The molecule has 0 saturated heterocycles. The number of nitrogens with zero attached hydrogens (tertiary/aromatic N) is 4. The van der Waals surface area contributed by atoms with Gasteiger partial charge in [-0.1, -0.05) is 18.2 Å². The Morgan fingerprint density at radius 2 is 1.76 bits per heavy atom. The van der Waals surface area contributed by atoms with E-state index < -0.39 is 0 Å². The molecular formula is C12H15N5+. The van der Waals surface area contributed by atoms with Crippen molar-refractivity contribution in [1.29, 1.82) is 0 Å². The summed E-state index contributed by atoms with van der Waals surface area (Å²) in [6, 6.07) is 9.77. The van der Waals surface area contributed by atoms with Gasteiger partial charge in [0.15, 0.2) is 0 Å². The molecule has 1 heterocycles. The van der Waals surface area contributed by atoms with Crippen molar-refractivity contribution in [3.63, 3.8) is 0 Å². The van der Waals surface area contributed by atoms with Gasteiger partial charge in [0.05, 0.1) is 21.1 Å². The molecule has 0 spiro atoms. The molecule has 2 aromatic rings. The minimum Gasteiger partial charge on any atom is -0.324 e. The summed E-state index contributed by atoms with van der Waals surface area (Å²) in [7, 11) is 5.99. The lowest BCUT2D eigenvalue weighted by Crippen LogP contribution is -2.36. The minimum atomic E-state index is 0.509. The van der Waals surface area contributed by atoms with E-state index in [4.69, 9.17) is 0 Å². The quantitative estimate of drug-likeness (QED) is 0.812. The van der Waals surface area contributed by atoms with Crippen molar-refractivity contribution in [1.82, 2.24) is 19.4 Å². The van der Waals surface area contributed by atoms with Gasteiger partial charge in [-0.2, -0.15) is 9.97 Å². The van der Waals surface area contributed by atoms with Gasteiger partial charge in [0.2, 0.25) is 12.3 Å². The summed E-state index contributed by atoms with van der Waals surface area (Å²) in [5, 5.41) is 3.11. The van der Waals surface area contributed by atoms with E-state index in [0.717, 1.165) is 5.69 Å². The molecule has 17 heavy (non-hydrogen) atoms. The van der Waals surface area contributed by atoms with Gasteiger partial charge in [-0.05, 0) is 12.1 Å². The van der Waals surface area contributed by atoms with Gasteiger partial charge in [0.25, 0.3) is 0 Å². The zero-order valence-corrected chi connectivity index (χ0v) is 10.2. The maximum absolute atomic E-state index is 4.35. The Morgan fingerprint density at radius 3 is 2.41 bits per heavy atom. The number of aromatic nitrogens is 3. The summed E-state index contributed by atoms with van der Waals surface area (Å²) in [4.78, 5) is 12.4. The number of nitrogens with one attached hydrogen (secondary N) is 1. The van der Waals surface area contributed by atoms with Crippen LogP contribution in [0.1, 0.15) is 0 Å². The van der Waals surface area contributed by atoms with E-state index in [1.165, 1.54) is 0 Å². The van der Waals surface area contributed by atoms with E-state index >= 15 is 0 Å². The van der Waals surface area contributed by atoms with Crippen LogP contribution in [0.5, 0.6) is 0 Å². The normalized spacial score (nSPS) is 11.2. The summed E-state index contributed by atoms with van der Waals surface area (Å²) < 4.78 is 0.530. The second-order valence-corrected chi connectivity index (χ2v) is 4.56. The van der Waals surface area contributed by atoms with Crippen LogP contribution in [0.4, 0.5) is 17.6 Å². The zero-order valence-electron chi connectivity index (χ0n) is 10.2. The van der Waals surface area contributed by atoms with Gasteiger partial charge in [0, 0.05) is 5.69 Å². The maximum atomic E-state index is 4.35. The predicted octanol–water partition coefficient (Wildman–Crippen LogP) is 1.61. The van der Waals surface area contributed by atoms with Gasteiger partial charge < -0.3 is 5.32 Å². The molecule has 87 valence electrons. The number of rotatable bonds is 3. The Bertz CT molecular complexity index is 490. The summed E-state index contributed by atoms with van der Waals surface area (Å²) in [6.07, 6.45) is 2.62. The van der Waals surface area contributed by atoms with Crippen LogP contribution in [0.3, 0.4) is 0 Å². The molecule has 0 aliphatic rings. The summed E-state index contributed by atoms with van der Waals surface area (Å²) in [5.41, 5.74) is 0.944. The maximum Gasteiger partial charge on any atom is 0.333 e. The van der Waals surface area contributed by atoms with E-state index in [9.17, 15) is 0 Å². The van der Waals surface area contributed by atoms with Gasteiger partial charge >= 0.3 is 5.95 Å². The molecule has 5 nitrogen and oxygen atoms in total. The Labute approximate surface area is 101 Å². The second-order valence-electron chi connectivity index (χ2n) is 4.56. The van der Waals surface area contributed by atoms with Gasteiger partial charge in [0.1, 0.15) is 0 Å². The molecule has 0 aliphatic carbocycles. The summed E-state index contributed by atoms with van der Waals surface area (Å²) in [5.74, 6) is 1.17. The zero-order chi connectivity index (χ0) is 12.3. The largest absolute Gasteiger partial charge is 0.333 e. The number of hydrogen-bond acceptors (Lipinski definition) is 4.